The van der Waals surface area contributed by atoms with Gasteiger partial charge in [-0.3, -0.25) is 0 Å². The lowest BCUT2D eigenvalue weighted by atomic mass is 10.1. The second kappa shape index (κ2) is 4.44. The van der Waals surface area contributed by atoms with E-state index in [9.17, 15) is 0 Å². The first-order chi connectivity index (χ1) is 7.68. The summed E-state index contributed by atoms with van der Waals surface area (Å²) in [6.07, 6.45) is 1.84. The Morgan fingerprint density at radius 2 is 1.81 bits per heavy atom. The van der Waals surface area contributed by atoms with E-state index in [4.69, 9.17) is 0 Å². The molecule has 0 amide bonds. The van der Waals surface area contributed by atoms with E-state index >= 15 is 0 Å². The minimum Gasteiger partial charge on any atom is -0.241 e. The summed E-state index contributed by atoms with van der Waals surface area (Å²) in [5.74, 6) is 1.27. The van der Waals surface area contributed by atoms with Gasteiger partial charge < -0.3 is 0 Å². The largest absolute Gasteiger partial charge is 0.241 e. The van der Waals surface area contributed by atoms with E-state index in [-0.39, 0.29) is 0 Å². The van der Waals surface area contributed by atoms with Crippen LogP contribution in [0.4, 0.5) is 0 Å². The van der Waals surface area contributed by atoms with Crippen LogP contribution in [0.2, 0.25) is 0 Å². The van der Waals surface area contributed by atoms with Crippen LogP contribution >= 0.6 is 0 Å². The molecule has 0 aliphatic rings. The third kappa shape index (κ3) is 2.11. The lowest BCUT2D eigenvalue weighted by Crippen LogP contribution is -1.98. The summed E-state index contributed by atoms with van der Waals surface area (Å²) in [6, 6.07) is 10.3. The molecule has 0 bridgehead atoms. The van der Waals surface area contributed by atoms with Crippen molar-refractivity contribution < 1.29 is 0 Å². The van der Waals surface area contributed by atoms with E-state index in [0.717, 1.165) is 11.5 Å². The van der Waals surface area contributed by atoms with Crippen molar-refractivity contribution in [3.8, 4) is 11.3 Å². The number of rotatable bonds is 2. The summed E-state index contributed by atoms with van der Waals surface area (Å²) in [4.78, 5) is 8.88. The molecule has 0 saturated heterocycles. The second-order valence-corrected chi connectivity index (χ2v) is 4.27. The van der Waals surface area contributed by atoms with Crippen molar-refractivity contribution in [2.75, 3.05) is 0 Å². The highest BCUT2D eigenvalue weighted by Gasteiger charge is 2.06. The van der Waals surface area contributed by atoms with Gasteiger partial charge in [0.15, 0.2) is 0 Å². The van der Waals surface area contributed by atoms with Crippen molar-refractivity contribution in [1.29, 1.82) is 0 Å². The van der Waals surface area contributed by atoms with Crippen molar-refractivity contribution >= 4 is 0 Å². The number of hydrogen-bond acceptors (Lipinski definition) is 2. The standard InChI is InChI=1S/C14H16N2/c1-10(2)14-15-9-8-13(16-14)12-7-5-4-6-11(12)3/h4-10H,1-3H3. The lowest BCUT2D eigenvalue weighted by molar-refractivity contribution is 0.776. The maximum atomic E-state index is 4.59. The third-order valence-electron chi connectivity index (χ3n) is 2.61. The van der Waals surface area contributed by atoms with E-state index in [1.807, 2.05) is 24.4 Å². The molecule has 0 fully saturated rings. The van der Waals surface area contributed by atoms with Crippen LogP contribution in [0.5, 0.6) is 0 Å². The van der Waals surface area contributed by atoms with Gasteiger partial charge in [-0.2, -0.15) is 0 Å². The van der Waals surface area contributed by atoms with Gasteiger partial charge in [-0.25, -0.2) is 9.97 Å². The molecule has 0 atom stereocenters. The van der Waals surface area contributed by atoms with E-state index < -0.39 is 0 Å². The number of hydrogen-bond donors (Lipinski definition) is 0. The van der Waals surface area contributed by atoms with E-state index in [1.54, 1.807) is 0 Å². The summed E-state index contributed by atoms with van der Waals surface area (Å²) in [7, 11) is 0. The van der Waals surface area contributed by atoms with Crippen LogP contribution < -0.4 is 0 Å². The van der Waals surface area contributed by atoms with Gasteiger partial charge in [0.2, 0.25) is 0 Å². The van der Waals surface area contributed by atoms with E-state index in [2.05, 4.69) is 42.9 Å². The molecule has 16 heavy (non-hydrogen) atoms. The predicted molar refractivity (Wildman–Crippen MR) is 66.3 cm³/mol. The Balaban J connectivity index is 2.49. The SMILES string of the molecule is Cc1ccccc1-c1ccnc(C(C)C)n1. The number of nitrogens with zero attached hydrogens (tertiary/aromatic N) is 2. The van der Waals surface area contributed by atoms with Crippen LogP contribution in [0, 0.1) is 6.92 Å². The van der Waals surface area contributed by atoms with Gasteiger partial charge in [0.1, 0.15) is 5.82 Å². The Bertz CT molecular complexity index is 490. The van der Waals surface area contributed by atoms with Gasteiger partial charge in [0.25, 0.3) is 0 Å². The Morgan fingerprint density at radius 1 is 1.06 bits per heavy atom. The zero-order valence-corrected chi connectivity index (χ0v) is 9.94. The first-order valence-electron chi connectivity index (χ1n) is 5.57. The van der Waals surface area contributed by atoms with Crippen LogP contribution in [0.1, 0.15) is 31.2 Å². The zero-order chi connectivity index (χ0) is 11.5. The highest BCUT2D eigenvalue weighted by Crippen LogP contribution is 2.21. The van der Waals surface area contributed by atoms with E-state index in [0.29, 0.717) is 5.92 Å². The van der Waals surface area contributed by atoms with Crippen molar-refractivity contribution in [2.45, 2.75) is 26.7 Å². The molecular formula is C14H16N2. The van der Waals surface area contributed by atoms with Gasteiger partial charge >= 0.3 is 0 Å². The van der Waals surface area contributed by atoms with Gasteiger partial charge in [0.05, 0.1) is 5.69 Å². The molecule has 82 valence electrons. The minimum atomic E-state index is 0.365. The fraction of sp³-hybridized carbons (Fsp3) is 0.286. The second-order valence-electron chi connectivity index (χ2n) is 4.27. The molecule has 2 rings (SSSR count). The Labute approximate surface area is 96.4 Å². The molecule has 1 heterocycles. The quantitative estimate of drug-likeness (QED) is 0.760. The van der Waals surface area contributed by atoms with E-state index in [1.165, 1.54) is 11.1 Å². The smallest absolute Gasteiger partial charge is 0.131 e. The number of aryl methyl sites for hydroxylation is 1. The van der Waals surface area contributed by atoms with Crippen molar-refractivity contribution in [3.05, 3.63) is 47.9 Å². The molecule has 2 heteroatoms. The predicted octanol–water partition coefficient (Wildman–Crippen LogP) is 3.58. The van der Waals surface area contributed by atoms with Crippen molar-refractivity contribution in [2.24, 2.45) is 0 Å². The number of benzene rings is 1. The van der Waals surface area contributed by atoms with Crippen LogP contribution in [0.15, 0.2) is 36.5 Å². The third-order valence-corrected chi connectivity index (χ3v) is 2.61. The topological polar surface area (TPSA) is 25.8 Å². The molecule has 2 nitrogen and oxygen atoms in total. The Morgan fingerprint density at radius 3 is 2.50 bits per heavy atom. The Kier molecular flexibility index (Phi) is 3.00. The summed E-state index contributed by atoms with van der Waals surface area (Å²) < 4.78 is 0. The van der Waals surface area contributed by atoms with Crippen LogP contribution in [0.3, 0.4) is 0 Å². The maximum absolute atomic E-state index is 4.59. The average molecular weight is 212 g/mol. The maximum Gasteiger partial charge on any atom is 0.131 e. The van der Waals surface area contributed by atoms with Gasteiger partial charge in [0, 0.05) is 17.7 Å². The number of aromatic nitrogens is 2. The van der Waals surface area contributed by atoms with Crippen LogP contribution in [-0.2, 0) is 0 Å². The van der Waals surface area contributed by atoms with Crippen LogP contribution in [0.25, 0.3) is 11.3 Å². The lowest BCUT2D eigenvalue weighted by Gasteiger charge is -2.08. The molecular weight excluding hydrogens is 196 g/mol. The summed E-state index contributed by atoms with van der Waals surface area (Å²) in [5, 5.41) is 0. The highest BCUT2D eigenvalue weighted by molar-refractivity contribution is 5.62. The first-order valence-corrected chi connectivity index (χ1v) is 5.57. The average Bonchev–Trinajstić information content (AvgIpc) is 2.30. The summed E-state index contributed by atoms with van der Waals surface area (Å²) in [6.45, 7) is 6.32. The van der Waals surface area contributed by atoms with Crippen molar-refractivity contribution in [3.63, 3.8) is 0 Å². The molecule has 0 spiro atoms. The summed E-state index contributed by atoms with van der Waals surface area (Å²) in [5.41, 5.74) is 3.44. The monoisotopic (exact) mass is 212 g/mol. The van der Waals surface area contributed by atoms with Crippen LogP contribution in [-0.4, -0.2) is 9.97 Å². The molecule has 1 aromatic carbocycles. The van der Waals surface area contributed by atoms with Gasteiger partial charge in [-0.1, -0.05) is 38.1 Å². The highest BCUT2D eigenvalue weighted by atomic mass is 14.9. The normalized spacial score (nSPS) is 10.8. The first kappa shape index (κ1) is 10.8. The molecule has 1 aromatic heterocycles. The molecule has 0 aliphatic heterocycles. The summed E-state index contributed by atoms with van der Waals surface area (Å²) >= 11 is 0. The molecule has 0 N–H and O–H groups in total. The van der Waals surface area contributed by atoms with Gasteiger partial charge in [-0.05, 0) is 18.6 Å². The molecule has 2 aromatic rings. The minimum absolute atomic E-state index is 0.365. The van der Waals surface area contributed by atoms with Gasteiger partial charge in [-0.15, -0.1) is 0 Å². The molecule has 0 aliphatic carbocycles. The molecule has 0 unspecified atom stereocenters. The fourth-order valence-corrected chi connectivity index (χ4v) is 1.66. The molecule has 0 saturated carbocycles. The van der Waals surface area contributed by atoms with Crippen molar-refractivity contribution in [1.82, 2.24) is 9.97 Å². The Hall–Kier alpha value is -1.70. The zero-order valence-electron chi connectivity index (χ0n) is 9.94. The molecule has 0 radical (unpaired) electrons. The fourth-order valence-electron chi connectivity index (χ4n) is 1.66.